The predicted molar refractivity (Wildman–Crippen MR) is 86.3 cm³/mol. The third-order valence-electron chi connectivity index (χ3n) is 2.26. The fourth-order valence-electron chi connectivity index (χ4n) is 1.41. The van der Waals surface area contributed by atoms with Gasteiger partial charge in [0, 0.05) is 3.57 Å². The van der Waals surface area contributed by atoms with Gasteiger partial charge in [0.25, 0.3) is 15.9 Å². The van der Waals surface area contributed by atoms with Gasteiger partial charge in [-0.3, -0.25) is 4.72 Å². The Bertz CT molecular complexity index is 739. The van der Waals surface area contributed by atoms with Gasteiger partial charge in [0.2, 0.25) is 5.82 Å². The maximum Gasteiger partial charge on any atom is 0.264 e. The second-order valence-corrected chi connectivity index (χ2v) is 7.21. The number of benzene rings is 1. The lowest BCUT2D eigenvalue weighted by Crippen LogP contribution is -2.16. The molecule has 0 aliphatic carbocycles. The maximum absolute atomic E-state index is 12.3. The average Bonchev–Trinajstić information content (AvgIpc) is 2.41. The predicted octanol–water partition coefficient (Wildman–Crippen LogP) is 2.65. The Hall–Kier alpha value is -0.940. The largest absolute Gasteiger partial charge is 0.478 e. The summed E-state index contributed by atoms with van der Waals surface area (Å²) in [5, 5.41) is 0. The van der Waals surface area contributed by atoms with E-state index in [1.165, 1.54) is 19.4 Å². The van der Waals surface area contributed by atoms with Crippen LogP contribution < -0.4 is 9.46 Å². The molecule has 20 heavy (non-hydrogen) atoms. The number of nitrogens with zero attached hydrogens (tertiary/aromatic N) is 2. The summed E-state index contributed by atoms with van der Waals surface area (Å²) < 4.78 is 33.1. The molecule has 0 aliphatic heterocycles. The van der Waals surface area contributed by atoms with Crippen molar-refractivity contribution in [1.82, 2.24) is 9.97 Å². The van der Waals surface area contributed by atoms with Crippen molar-refractivity contribution < 1.29 is 13.2 Å². The molecule has 106 valence electrons. The second kappa shape index (κ2) is 6.22. The second-order valence-electron chi connectivity index (χ2n) is 3.59. The van der Waals surface area contributed by atoms with Crippen LogP contribution in [0.4, 0.5) is 5.82 Å². The monoisotopic (exact) mass is 469 g/mol. The Balaban J connectivity index is 2.41. The minimum atomic E-state index is -3.74. The van der Waals surface area contributed by atoms with E-state index in [1.54, 1.807) is 18.2 Å². The van der Waals surface area contributed by atoms with Crippen LogP contribution >= 0.6 is 38.5 Å². The zero-order valence-corrected chi connectivity index (χ0v) is 14.7. The van der Waals surface area contributed by atoms with Crippen LogP contribution in [0.1, 0.15) is 0 Å². The first kappa shape index (κ1) is 15.4. The molecule has 0 amide bonds. The van der Waals surface area contributed by atoms with Crippen LogP contribution in [-0.2, 0) is 10.0 Å². The number of sulfonamides is 1. The molecule has 1 aromatic heterocycles. The van der Waals surface area contributed by atoms with E-state index in [2.05, 4.69) is 30.6 Å². The van der Waals surface area contributed by atoms with Crippen LogP contribution in [0.25, 0.3) is 0 Å². The fraction of sp³-hybridized carbons (Fsp3) is 0.0909. The molecule has 0 aliphatic rings. The fourth-order valence-corrected chi connectivity index (χ4v) is 4.02. The maximum atomic E-state index is 12.3. The summed E-state index contributed by atoms with van der Waals surface area (Å²) in [6.07, 6.45) is 1.39. The summed E-state index contributed by atoms with van der Waals surface area (Å²) in [6.45, 7) is 0. The quantitative estimate of drug-likeness (QED) is 0.696. The Morgan fingerprint density at radius 2 is 2.05 bits per heavy atom. The van der Waals surface area contributed by atoms with Gasteiger partial charge in [-0.2, -0.15) is 0 Å². The molecule has 1 N–H and O–H groups in total. The van der Waals surface area contributed by atoms with Gasteiger partial charge >= 0.3 is 0 Å². The van der Waals surface area contributed by atoms with Crippen molar-refractivity contribution in [2.75, 3.05) is 11.8 Å². The highest BCUT2D eigenvalue weighted by atomic mass is 127. The van der Waals surface area contributed by atoms with E-state index < -0.39 is 10.0 Å². The zero-order chi connectivity index (χ0) is 14.8. The van der Waals surface area contributed by atoms with Gasteiger partial charge in [0.15, 0.2) is 0 Å². The Morgan fingerprint density at radius 1 is 1.35 bits per heavy atom. The number of hydrogen-bond acceptors (Lipinski definition) is 5. The van der Waals surface area contributed by atoms with Crippen LogP contribution in [0.2, 0.25) is 0 Å². The molecular formula is C11H9BrIN3O3S. The summed E-state index contributed by atoms with van der Waals surface area (Å²) in [5.41, 5.74) is 0. The molecule has 1 aromatic carbocycles. The normalized spacial score (nSPS) is 11.2. The lowest BCUT2D eigenvalue weighted by atomic mass is 10.4. The number of nitrogens with one attached hydrogen (secondary N) is 1. The van der Waals surface area contributed by atoms with E-state index in [0.29, 0.717) is 8.17 Å². The van der Waals surface area contributed by atoms with Gasteiger partial charge in [0.05, 0.1) is 13.3 Å². The molecule has 0 unspecified atom stereocenters. The Kier molecular flexibility index (Phi) is 4.81. The van der Waals surface area contributed by atoms with E-state index in [4.69, 9.17) is 4.74 Å². The number of rotatable bonds is 4. The van der Waals surface area contributed by atoms with Crippen molar-refractivity contribution >= 4 is 54.4 Å². The molecular weight excluding hydrogens is 461 g/mol. The molecule has 9 heteroatoms. The molecule has 0 bridgehead atoms. The van der Waals surface area contributed by atoms with Gasteiger partial charge < -0.3 is 4.74 Å². The summed E-state index contributed by atoms with van der Waals surface area (Å²) in [6, 6.07) is 6.64. The van der Waals surface area contributed by atoms with Crippen molar-refractivity contribution in [2.24, 2.45) is 0 Å². The van der Waals surface area contributed by atoms with E-state index >= 15 is 0 Å². The SMILES string of the molecule is COc1nc(Br)cnc1NS(=O)(=O)c1ccccc1I. The Morgan fingerprint density at radius 3 is 2.70 bits per heavy atom. The van der Waals surface area contributed by atoms with Gasteiger partial charge in [-0.15, -0.1) is 0 Å². The van der Waals surface area contributed by atoms with Crippen LogP contribution in [0.5, 0.6) is 5.88 Å². The number of hydrogen-bond donors (Lipinski definition) is 1. The number of ether oxygens (including phenoxy) is 1. The highest BCUT2D eigenvalue weighted by Crippen LogP contribution is 2.25. The molecule has 0 atom stereocenters. The van der Waals surface area contributed by atoms with E-state index in [-0.39, 0.29) is 16.6 Å². The standard InChI is InChI=1S/C11H9BrIN3O3S/c1-19-11-10(14-6-9(12)15-11)16-20(17,18)8-5-3-2-4-7(8)13/h2-6H,1H3,(H,14,16). The smallest absolute Gasteiger partial charge is 0.264 e. The van der Waals surface area contributed by atoms with E-state index in [9.17, 15) is 8.42 Å². The molecule has 0 saturated heterocycles. The molecule has 0 radical (unpaired) electrons. The zero-order valence-electron chi connectivity index (χ0n) is 10.2. The number of anilines is 1. The molecule has 0 saturated carbocycles. The average molecular weight is 470 g/mol. The lowest BCUT2D eigenvalue weighted by Gasteiger charge is -2.11. The molecule has 0 spiro atoms. The van der Waals surface area contributed by atoms with E-state index in [1.807, 2.05) is 22.6 Å². The van der Waals surface area contributed by atoms with Gasteiger partial charge in [-0.25, -0.2) is 18.4 Å². The summed E-state index contributed by atoms with van der Waals surface area (Å²) in [5.74, 6) is 0.129. The summed E-state index contributed by atoms with van der Waals surface area (Å²) >= 11 is 5.10. The summed E-state index contributed by atoms with van der Waals surface area (Å²) in [7, 11) is -2.36. The molecule has 0 fully saturated rings. The molecule has 2 aromatic rings. The molecule has 2 rings (SSSR count). The number of aromatic nitrogens is 2. The highest BCUT2D eigenvalue weighted by Gasteiger charge is 2.20. The van der Waals surface area contributed by atoms with Crippen LogP contribution in [0.3, 0.4) is 0 Å². The van der Waals surface area contributed by atoms with Crippen molar-refractivity contribution in [2.45, 2.75) is 4.90 Å². The summed E-state index contributed by atoms with van der Waals surface area (Å²) in [4.78, 5) is 8.13. The third kappa shape index (κ3) is 3.38. The van der Waals surface area contributed by atoms with Crippen LogP contribution in [0, 0.1) is 3.57 Å². The minimum absolute atomic E-state index is 0.0374. The van der Waals surface area contributed by atoms with Gasteiger partial charge in [-0.1, -0.05) is 12.1 Å². The molecule has 1 heterocycles. The van der Waals surface area contributed by atoms with Crippen molar-refractivity contribution in [3.63, 3.8) is 0 Å². The third-order valence-corrected chi connectivity index (χ3v) is 5.35. The molecule has 6 nitrogen and oxygen atoms in total. The number of methoxy groups -OCH3 is 1. The first-order valence-corrected chi connectivity index (χ1v) is 8.63. The van der Waals surface area contributed by atoms with E-state index in [0.717, 1.165) is 0 Å². The Labute approximate surface area is 138 Å². The van der Waals surface area contributed by atoms with Gasteiger partial charge in [0.1, 0.15) is 9.50 Å². The first-order chi connectivity index (χ1) is 9.44. The lowest BCUT2D eigenvalue weighted by molar-refractivity contribution is 0.397. The van der Waals surface area contributed by atoms with Crippen LogP contribution in [-0.4, -0.2) is 25.5 Å². The van der Waals surface area contributed by atoms with Crippen LogP contribution in [0.15, 0.2) is 40.0 Å². The van der Waals surface area contributed by atoms with Crippen molar-refractivity contribution in [3.8, 4) is 5.88 Å². The highest BCUT2D eigenvalue weighted by molar-refractivity contribution is 14.1. The van der Waals surface area contributed by atoms with Crippen molar-refractivity contribution in [3.05, 3.63) is 38.6 Å². The number of halogens is 2. The first-order valence-electron chi connectivity index (χ1n) is 5.28. The minimum Gasteiger partial charge on any atom is -0.478 e. The topological polar surface area (TPSA) is 81.2 Å². The van der Waals surface area contributed by atoms with Gasteiger partial charge in [-0.05, 0) is 50.7 Å². The van der Waals surface area contributed by atoms with Crippen molar-refractivity contribution in [1.29, 1.82) is 0 Å².